The third kappa shape index (κ3) is 5.20. The molecular weight excluding hydrogens is 526 g/mol. The Kier molecular flexibility index (Phi) is 7.04. The minimum atomic E-state index is -1.20. The normalized spacial score (nSPS) is 20.7. The van der Waals surface area contributed by atoms with Gasteiger partial charge < -0.3 is 24.5 Å². The number of carbonyl (C=O) groups excluding carboxylic acids is 1. The van der Waals surface area contributed by atoms with Gasteiger partial charge in [0.15, 0.2) is 0 Å². The van der Waals surface area contributed by atoms with E-state index in [0.29, 0.717) is 50.1 Å². The second-order valence-electron chi connectivity index (χ2n) is 10.9. The summed E-state index contributed by atoms with van der Waals surface area (Å²) in [7, 11) is 0. The molecule has 2 aliphatic heterocycles. The van der Waals surface area contributed by atoms with Gasteiger partial charge in [0, 0.05) is 43.6 Å². The lowest BCUT2D eigenvalue weighted by molar-refractivity contribution is -0.142. The van der Waals surface area contributed by atoms with Gasteiger partial charge in [-0.3, -0.25) is 14.2 Å². The molecule has 4 aromatic rings. The minimum Gasteiger partial charge on any atom is -0.465 e. The quantitative estimate of drug-likeness (QED) is 0.381. The predicted octanol–water partition coefficient (Wildman–Crippen LogP) is 3.19. The molecule has 0 aliphatic carbocycles. The van der Waals surface area contributed by atoms with E-state index in [0.717, 1.165) is 11.1 Å². The number of carbonyl (C=O) groups is 2. The maximum atomic E-state index is 13.7. The van der Waals surface area contributed by atoms with E-state index in [1.807, 2.05) is 60.7 Å². The average molecular weight is 558 g/mol. The number of rotatable bonds is 5. The van der Waals surface area contributed by atoms with Gasteiger partial charge in [0.1, 0.15) is 11.2 Å². The highest BCUT2D eigenvalue weighted by atomic mass is 16.5. The third-order valence-electron chi connectivity index (χ3n) is 8.39. The molecule has 2 fully saturated rings. The molecule has 4 heterocycles. The van der Waals surface area contributed by atoms with E-state index in [4.69, 9.17) is 4.52 Å². The maximum Gasteiger partial charge on any atom is 0.407 e. The van der Waals surface area contributed by atoms with Crippen LogP contribution in [-0.4, -0.2) is 78.5 Å². The molecule has 2 amide bonds. The summed E-state index contributed by atoms with van der Waals surface area (Å²) in [6.45, 7) is 1.25. The SMILES string of the molecule is O=C(O)N1CC[C@@H](C(=O)N2CCC(O)(Cn3cnc4c(-c5ccccc5)noc4c3=O)CC2)[C@H](c2ccccc2)C1. The number of hydrogen-bond donors (Lipinski definition) is 2. The lowest BCUT2D eigenvalue weighted by Gasteiger charge is -2.42. The largest absolute Gasteiger partial charge is 0.465 e. The number of piperidine rings is 2. The number of likely N-dealkylation sites (tertiary alicyclic amines) is 2. The molecule has 0 spiro atoms. The van der Waals surface area contributed by atoms with Crippen LogP contribution in [0.4, 0.5) is 4.79 Å². The molecular formula is C30H31N5O6. The van der Waals surface area contributed by atoms with Crippen LogP contribution in [0.1, 0.15) is 30.7 Å². The Balaban J connectivity index is 1.15. The Morgan fingerprint density at radius 1 is 0.976 bits per heavy atom. The van der Waals surface area contributed by atoms with Crippen LogP contribution in [0.15, 0.2) is 76.3 Å². The summed E-state index contributed by atoms with van der Waals surface area (Å²) in [5.41, 5.74) is 0.981. The van der Waals surface area contributed by atoms with E-state index in [1.165, 1.54) is 15.8 Å². The van der Waals surface area contributed by atoms with E-state index in [-0.39, 0.29) is 36.4 Å². The van der Waals surface area contributed by atoms with Crippen molar-refractivity contribution in [3.63, 3.8) is 0 Å². The van der Waals surface area contributed by atoms with Gasteiger partial charge in [-0.1, -0.05) is 65.8 Å². The van der Waals surface area contributed by atoms with Crippen LogP contribution in [0.2, 0.25) is 0 Å². The standard InChI is InChI=1S/C30H31N5O6/c36-27(22-11-14-34(29(38)39)17-23(22)20-7-3-1-4-8-20)33-15-12-30(40,13-16-33)18-35-19-31-25-24(21-9-5-2-6-10-21)32-41-26(25)28(35)37/h1-10,19,22-23,40H,11-18H2,(H,38,39)/t22-,23+/m1/s1. The molecule has 6 rings (SSSR count). The van der Waals surface area contributed by atoms with Crippen molar-refractivity contribution < 1.29 is 24.3 Å². The van der Waals surface area contributed by atoms with Crippen molar-refractivity contribution in [1.29, 1.82) is 0 Å². The first-order valence-corrected chi connectivity index (χ1v) is 13.8. The lowest BCUT2D eigenvalue weighted by atomic mass is 9.79. The molecule has 212 valence electrons. The average Bonchev–Trinajstić information content (AvgIpc) is 3.44. The molecule has 0 bridgehead atoms. The number of aromatic nitrogens is 3. The highest BCUT2D eigenvalue weighted by molar-refractivity contribution is 5.87. The predicted molar refractivity (Wildman–Crippen MR) is 149 cm³/mol. The van der Waals surface area contributed by atoms with Gasteiger partial charge >= 0.3 is 6.09 Å². The topological polar surface area (TPSA) is 142 Å². The molecule has 2 N–H and O–H groups in total. The smallest absolute Gasteiger partial charge is 0.407 e. The van der Waals surface area contributed by atoms with E-state index in [2.05, 4.69) is 10.1 Å². The lowest BCUT2D eigenvalue weighted by Crippen LogP contribution is -2.53. The molecule has 2 aromatic carbocycles. The van der Waals surface area contributed by atoms with E-state index in [1.54, 1.807) is 4.90 Å². The summed E-state index contributed by atoms with van der Waals surface area (Å²) in [5.74, 6) is -0.617. The zero-order valence-electron chi connectivity index (χ0n) is 22.4. The van der Waals surface area contributed by atoms with Gasteiger partial charge in [-0.05, 0) is 24.8 Å². The van der Waals surface area contributed by atoms with Crippen molar-refractivity contribution in [3.8, 4) is 11.3 Å². The Labute approximate surface area is 235 Å². The molecule has 41 heavy (non-hydrogen) atoms. The summed E-state index contributed by atoms with van der Waals surface area (Å²) in [6.07, 6.45) is 1.45. The van der Waals surface area contributed by atoms with E-state index < -0.39 is 17.3 Å². The first-order chi connectivity index (χ1) is 19.8. The van der Waals surface area contributed by atoms with Crippen LogP contribution >= 0.6 is 0 Å². The maximum absolute atomic E-state index is 13.7. The fourth-order valence-electron chi connectivity index (χ4n) is 6.07. The number of hydrogen-bond acceptors (Lipinski definition) is 7. The first-order valence-electron chi connectivity index (χ1n) is 13.8. The molecule has 11 heteroatoms. The van der Waals surface area contributed by atoms with Crippen molar-refractivity contribution in [2.45, 2.75) is 37.3 Å². The highest BCUT2D eigenvalue weighted by Crippen LogP contribution is 2.35. The van der Waals surface area contributed by atoms with Crippen molar-refractivity contribution in [2.75, 3.05) is 26.2 Å². The van der Waals surface area contributed by atoms with Crippen LogP contribution in [0.5, 0.6) is 0 Å². The van der Waals surface area contributed by atoms with Crippen LogP contribution < -0.4 is 5.56 Å². The first kappa shape index (κ1) is 26.7. The molecule has 0 radical (unpaired) electrons. The Morgan fingerprint density at radius 3 is 2.34 bits per heavy atom. The monoisotopic (exact) mass is 557 g/mol. The zero-order valence-corrected chi connectivity index (χ0v) is 22.4. The van der Waals surface area contributed by atoms with Crippen LogP contribution in [-0.2, 0) is 11.3 Å². The van der Waals surface area contributed by atoms with Crippen molar-refractivity contribution in [3.05, 3.63) is 82.9 Å². The van der Waals surface area contributed by atoms with Crippen molar-refractivity contribution in [2.24, 2.45) is 5.92 Å². The van der Waals surface area contributed by atoms with Gasteiger partial charge in [-0.2, -0.15) is 0 Å². The summed E-state index contributed by atoms with van der Waals surface area (Å²) >= 11 is 0. The summed E-state index contributed by atoms with van der Waals surface area (Å²) in [4.78, 5) is 46.1. The number of aliphatic hydroxyl groups is 1. The molecule has 0 saturated carbocycles. The van der Waals surface area contributed by atoms with Gasteiger partial charge in [-0.15, -0.1) is 0 Å². The second-order valence-corrected chi connectivity index (χ2v) is 10.9. The third-order valence-corrected chi connectivity index (χ3v) is 8.39. The van der Waals surface area contributed by atoms with Crippen LogP contribution in [0, 0.1) is 5.92 Å². The Morgan fingerprint density at radius 2 is 1.66 bits per heavy atom. The number of fused-ring (bicyclic) bond motifs is 1. The van der Waals surface area contributed by atoms with E-state index in [9.17, 15) is 24.6 Å². The minimum absolute atomic E-state index is 0.0157. The highest BCUT2D eigenvalue weighted by Gasteiger charge is 2.41. The van der Waals surface area contributed by atoms with Gasteiger partial charge in [0.25, 0.3) is 11.1 Å². The summed E-state index contributed by atoms with van der Waals surface area (Å²) < 4.78 is 6.70. The molecule has 0 unspecified atom stereocenters. The number of carboxylic acid groups (broad SMARTS) is 1. The van der Waals surface area contributed by atoms with Crippen molar-refractivity contribution >= 4 is 23.1 Å². The fourth-order valence-corrected chi connectivity index (χ4v) is 6.07. The molecule has 2 saturated heterocycles. The van der Waals surface area contributed by atoms with Gasteiger partial charge in [0.2, 0.25) is 5.91 Å². The van der Waals surface area contributed by atoms with E-state index >= 15 is 0 Å². The summed E-state index contributed by atoms with van der Waals surface area (Å²) in [6, 6.07) is 18.9. The molecule has 2 aromatic heterocycles. The summed E-state index contributed by atoms with van der Waals surface area (Å²) in [5, 5.41) is 25.0. The Bertz CT molecular complexity index is 1610. The number of benzene rings is 2. The fraction of sp³-hybridized carbons (Fsp3) is 0.367. The van der Waals surface area contributed by atoms with Crippen LogP contribution in [0.25, 0.3) is 22.4 Å². The van der Waals surface area contributed by atoms with Crippen molar-refractivity contribution in [1.82, 2.24) is 24.5 Å². The zero-order chi connectivity index (χ0) is 28.6. The van der Waals surface area contributed by atoms with Crippen LogP contribution in [0.3, 0.4) is 0 Å². The molecule has 2 aliphatic rings. The van der Waals surface area contributed by atoms with Gasteiger partial charge in [0.05, 0.1) is 18.5 Å². The molecule has 11 nitrogen and oxygen atoms in total. The number of amides is 2. The Hall–Kier alpha value is -4.51. The van der Waals surface area contributed by atoms with Gasteiger partial charge in [-0.25, -0.2) is 9.78 Å². The molecule has 2 atom stereocenters. The number of nitrogens with zero attached hydrogens (tertiary/aromatic N) is 5. The second kappa shape index (κ2) is 10.8.